The van der Waals surface area contributed by atoms with Gasteiger partial charge in [-0.1, -0.05) is 22.9 Å². The zero-order chi connectivity index (χ0) is 10.3. The van der Waals surface area contributed by atoms with Gasteiger partial charge in [-0.25, -0.2) is 0 Å². The lowest BCUT2D eigenvalue weighted by molar-refractivity contribution is 0.133. The lowest BCUT2D eigenvalue weighted by Crippen LogP contribution is -2.08. The maximum atomic E-state index is 10.2. The topological polar surface area (TPSA) is 29.5 Å². The largest absolute Gasteiger partial charge is 0.497 e. The third kappa shape index (κ3) is 1.44. The Balaban J connectivity index is 2.42. The van der Waals surface area contributed by atoms with E-state index in [1.807, 2.05) is 25.1 Å². The zero-order valence-corrected chi connectivity index (χ0v) is 9.84. The summed E-state index contributed by atoms with van der Waals surface area (Å²) >= 11 is 3.45. The van der Waals surface area contributed by atoms with E-state index in [0.717, 1.165) is 22.2 Å². The molecule has 2 rings (SSSR count). The van der Waals surface area contributed by atoms with Gasteiger partial charge in [-0.05, 0) is 30.5 Å². The van der Waals surface area contributed by atoms with Gasteiger partial charge in [0.25, 0.3) is 0 Å². The quantitative estimate of drug-likeness (QED) is 0.882. The second-order valence-corrected chi connectivity index (χ2v) is 4.73. The third-order valence-electron chi connectivity index (χ3n) is 2.91. The van der Waals surface area contributed by atoms with Crippen molar-refractivity contribution in [1.82, 2.24) is 0 Å². The number of hydrogen-bond donors (Lipinski definition) is 1. The van der Waals surface area contributed by atoms with Crippen molar-refractivity contribution in [2.45, 2.75) is 18.9 Å². The van der Waals surface area contributed by atoms with Gasteiger partial charge < -0.3 is 9.84 Å². The molecule has 1 saturated carbocycles. The van der Waals surface area contributed by atoms with Crippen LogP contribution >= 0.6 is 15.9 Å². The van der Waals surface area contributed by atoms with Gasteiger partial charge in [-0.2, -0.15) is 0 Å². The van der Waals surface area contributed by atoms with Crippen LogP contribution in [0, 0.1) is 5.92 Å². The van der Waals surface area contributed by atoms with E-state index in [-0.39, 0.29) is 0 Å². The van der Waals surface area contributed by atoms with Gasteiger partial charge in [0.05, 0.1) is 12.7 Å². The summed E-state index contributed by atoms with van der Waals surface area (Å²) in [7, 11) is 1.63. The Morgan fingerprint density at radius 1 is 1.57 bits per heavy atom. The molecule has 0 saturated heterocycles. The van der Waals surface area contributed by atoms with Crippen LogP contribution in [-0.4, -0.2) is 12.2 Å². The van der Waals surface area contributed by atoms with Crippen molar-refractivity contribution in [3.05, 3.63) is 28.2 Å². The molecule has 0 radical (unpaired) electrons. The van der Waals surface area contributed by atoms with Crippen LogP contribution in [0.25, 0.3) is 0 Å². The molecular formula is C11H13BrO2. The van der Waals surface area contributed by atoms with Crippen LogP contribution in [0.1, 0.15) is 18.9 Å². The van der Waals surface area contributed by atoms with E-state index in [0.29, 0.717) is 5.92 Å². The van der Waals surface area contributed by atoms with Crippen molar-refractivity contribution in [1.29, 1.82) is 0 Å². The highest BCUT2D eigenvalue weighted by atomic mass is 79.9. The first-order valence-corrected chi connectivity index (χ1v) is 5.43. The Morgan fingerprint density at radius 2 is 2.21 bits per heavy atom. The summed E-state index contributed by atoms with van der Waals surface area (Å²) < 4.78 is 6.09. The van der Waals surface area contributed by atoms with Gasteiger partial charge in [-0.3, -0.25) is 0 Å². The van der Waals surface area contributed by atoms with E-state index in [4.69, 9.17) is 4.74 Å². The highest BCUT2D eigenvalue weighted by Gasteiger charge is 2.52. The van der Waals surface area contributed by atoms with Crippen LogP contribution < -0.4 is 4.74 Å². The Kier molecular flexibility index (Phi) is 2.32. The standard InChI is InChI=1S/C11H13BrO2/c1-7-6-11(7,13)9-5-8(14-2)3-4-10(9)12/h3-5,7,13H,6H2,1-2H3. The molecule has 76 valence electrons. The molecule has 1 fully saturated rings. The van der Waals surface area contributed by atoms with Crippen LogP contribution in [0.2, 0.25) is 0 Å². The maximum absolute atomic E-state index is 10.2. The van der Waals surface area contributed by atoms with E-state index in [1.54, 1.807) is 7.11 Å². The molecule has 14 heavy (non-hydrogen) atoms. The summed E-state index contributed by atoms with van der Waals surface area (Å²) in [4.78, 5) is 0. The van der Waals surface area contributed by atoms with Crippen LogP contribution in [-0.2, 0) is 5.60 Å². The number of rotatable bonds is 2. The first-order valence-electron chi connectivity index (χ1n) is 4.64. The van der Waals surface area contributed by atoms with Gasteiger partial charge >= 0.3 is 0 Å². The fraction of sp³-hybridized carbons (Fsp3) is 0.455. The van der Waals surface area contributed by atoms with Gasteiger partial charge in [0.1, 0.15) is 5.75 Å². The van der Waals surface area contributed by atoms with Gasteiger partial charge in [0.2, 0.25) is 0 Å². The van der Waals surface area contributed by atoms with Crippen LogP contribution in [0.3, 0.4) is 0 Å². The summed E-state index contributed by atoms with van der Waals surface area (Å²) in [5.41, 5.74) is 0.289. The fourth-order valence-electron chi connectivity index (χ4n) is 1.75. The van der Waals surface area contributed by atoms with Crippen molar-refractivity contribution >= 4 is 15.9 Å². The molecule has 0 heterocycles. The molecule has 1 aromatic rings. The molecule has 0 amide bonds. The van der Waals surface area contributed by atoms with Gasteiger partial charge in [0, 0.05) is 10.0 Å². The molecule has 0 bridgehead atoms. The number of benzene rings is 1. The lowest BCUT2D eigenvalue weighted by Gasteiger charge is -2.13. The molecule has 0 spiro atoms. The average molecular weight is 257 g/mol. The number of ether oxygens (including phenoxy) is 1. The first kappa shape index (κ1) is 9.99. The lowest BCUT2D eigenvalue weighted by atomic mass is 10.1. The summed E-state index contributed by atoms with van der Waals surface area (Å²) in [6.07, 6.45) is 0.832. The Labute approximate surface area is 92.0 Å². The molecule has 0 aliphatic heterocycles. The monoisotopic (exact) mass is 256 g/mol. The third-order valence-corrected chi connectivity index (χ3v) is 3.60. The van der Waals surface area contributed by atoms with Crippen molar-refractivity contribution in [3.8, 4) is 5.75 Å². The van der Waals surface area contributed by atoms with Gasteiger partial charge in [0.15, 0.2) is 0 Å². The minimum atomic E-state index is -0.645. The van der Waals surface area contributed by atoms with Crippen molar-refractivity contribution in [2.75, 3.05) is 7.11 Å². The maximum Gasteiger partial charge on any atom is 0.119 e. The fourth-order valence-corrected chi connectivity index (χ4v) is 2.34. The van der Waals surface area contributed by atoms with Crippen LogP contribution in [0.15, 0.2) is 22.7 Å². The summed E-state index contributed by atoms with van der Waals surface area (Å²) in [5, 5.41) is 10.2. The van der Waals surface area contributed by atoms with E-state index in [1.165, 1.54) is 0 Å². The molecule has 1 aliphatic rings. The predicted octanol–water partition coefficient (Wildman–Crippen LogP) is 2.69. The van der Waals surface area contributed by atoms with Crippen LogP contribution in [0.4, 0.5) is 0 Å². The Bertz CT molecular complexity index is 364. The van der Waals surface area contributed by atoms with E-state index in [9.17, 15) is 5.11 Å². The van der Waals surface area contributed by atoms with E-state index in [2.05, 4.69) is 15.9 Å². The second kappa shape index (κ2) is 3.24. The first-order chi connectivity index (χ1) is 6.58. The Hall–Kier alpha value is -0.540. The number of halogens is 1. The second-order valence-electron chi connectivity index (χ2n) is 3.88. The smallest absolute Gasteiger partial charge is 0.119 e. The Morgan fingerprint density at radius 3 is 2.71 bits per heavy atom. The summed E-state index contributed by atoms with van der Waals surface area (Å²) in [6.45, 7) is 2.05. The summed E-state index contributed by atoms with van der Waals surface area (Å²) in [5.74, 6) is 1.13. The van der Waals surface area contributed by atoms with Crippen molar-refractivity contribution < 1.29 is 9.84 Å². The SMILES string of the molecule is COc1ccc(Br)c(C2(O)CC2C)c1. The predicted molar refractivity (Wildman–Crippen MR) is 58.4 cm³/mol. The molecule has 2 unspecified atom stereocenters. The minimum absolute atomic E-state index is 0.339. The molecule has 1 N–H and O–H groups in total. The number of hydrogen-bond acceptors (Lipinski definition) is 2. The molecule has 1 aliphatic carbocycles. The highest BCUT2D eigenvalue weighted by Crippen LogP contribution is 2.53. The normalized spacial score (nSPS) is 30.1. The molecule has 2 atom stereocenters. The molecule has 1 aromatic carbocycles. The molecular weight excluding hydrogens is 244 g/mol. The number of methoxy groups -OCH3 is 1. The van der Waals surface area contributed by atoms with Crippen LogP contribution in [0.5, 0.6) is 5.75 Å². The minimum Gasteiger partial charge on any atom is -0.497 e. The zero-order valence-electron chi connectivity index (χ0n) is 8.25. The molecule has 3 heteroatoms. The highest BCUT2D eigenvalue weighted by molar-refractivity contribution is 9.10. The van der Waals surface area contributed by atoms with Gasteiger partial charge in [-0.15, -0.1) is 0 Å². The van der Waals surface area contributed by atoms with Crippen molar-refractivity contribution in [3.63, 3.8) is 0 Å². The summed E-state index contributed by atoms with van der Waals surface area (Å²) in [6, 6.07) is 5.69. The molecule has 0 aromatic heterocycles. The number of aliphatic hydroxyl groups is 1. The van der Waals surface area contributed by atoms with E-state index < -0.39 is 5.60 Å². The average Bonchev–Trinajstić information content (AvgIpc) is 2.76. The van der Waals surface area contributed by atoms with E-state index >= 15 is 0 Å². The molecule has 2 nitrogen and oxygen atoms in total. The van der Waals surface area contributed by atoms with Crippen molar-refractivity contribution in [2.24, 2.45) is 5.92 Å².